The van der Waals surface area contributed by atoms with E-state index in [4.69, 9.17) is 0 Å². The number of benzene rings is 1. The van der Waals surface area contributed by atoms with Gasteiger partial charge in [0.05, 0.1) is 5.69 Å². The van der Waals surface area contributed by atoms with Crippen molar-refractivity contribution >= 4 is 0 Å². The number of hydrogen-bond donors (Lipinski definition) is 1. The van der Waals surface area contributed by atoms with Crippen molar-refractivity contribution < 1.29 is 17.9 Å². The summed E-state index contributed by atoms with van der Waals surface area (Å²) in [5.41, 5.74) is 3.25. The molecule has 1 N–H and O–H groups in total. The van der Waals surface area contributed by atoms with Crippen LogP contribution in [0.3, 0.4) is 0 Å². The lowest BCUT2D eigenvalue weighted by atomic mass is 10.1. The Kier molecular flexibility index (Phi) is 4.01. The number of nitrogens with one attached hydrogen (secondary N) is 1. The molecule has 0 radical (unpaired) electrons. The Hall–Kier alpha value is -2.83. The van der Waals surface area contributed by atoms with Crippen LogP contribution >= 0.6 is 0 Å². The maximum absolute atomic E-state index is 12.2. The summed E-state index contributed by atoms with van der Waals surface area (Å²) in [6, 6.07) is 9.35. The van der Waals surface area contributed by atoms with E-state index in [0.717, 1.165) is 11.3 Å². The van der Waals surface area contributed by atoms with Gasteiger partial charge in [0.1, 0.15) is 12.1 Å². The molecule has 118 valence electrons. The van der Waals surface area contributed by atoms with E-state index in [9.17, 15) is 13.2 Å². The smallest absolute Gasteiger partial charge is 0.406 e. The predicted octanol–water partition coefficient (Wildman–Crippen LogP) is 3.96. The molecule has 0 spiro atoms. The summed E-state index contributed by atoms with van der Waals surface area (Å²) in [6.45, 7) is 0. The van der Waals surface area contributed by atoms with E-state index in [1.165, 1.54) is 30.6 Å². The van der Waals surface area contributed by atoms with E-state index in [-0.39, 0.29) is 5.75 Å². The van der Waals surface area contributed by atoms with Crippen LogP contribution in [0.4, 0.5) is 13.2 Å². The van der Waals surface area contributed by atoms with Crippen molar-refractivity contribution in [2.24, 2.45) is 0 Å². The first-order valence-corrected chi connectivity index (χ1v) is 6.78. The van der Waals surface area contributed by atoms with Gasteiger partial charge >= 0.3 is 6.36 Å². The van der Waals surface area contributed by atoms with Gasteiger partial charge in [-0.1, -0.05) is 0 Å². The highest BCUT2D eigenvalue weighted by Gasteiger charge is 2.30. The van der Waals surface area contributed by atoms with E-state index >= 15 is 0 Å². The van der Waals surface area contributed by atoms with E-state index in [1.54, 1.807) is 0 Å². The van der Waals surface area contributed by atoms with Gasteiger partial charge in [0.15, 0.2) is 0 Å². The summed E-state index contributed by atoms with van der Waals surface area (Å²) in [6.07, 6.45) is 1.10. The van der Waals surface area contributed by atoms with Crippen molar-refractivity contribution in [1.82, 2.24) is 15.0 Å². The lowest BCUT2D eigenvalue weighted by Gasteiger charge is -2.09. The summed E-state index contributed by atoms with van der Waals surface area (Å²) < 4.78 is 40.3. The van der Waals surface area contributed by atoms with Gasteiger partial charge in [-0.2, -0.15) is 0 Å². The molecular formula is C16H12F3N3O. The van der Waals surface area contributed by atoms with Gasteiger partial charge in [-0.3, -0.25) is 0 Å². The maximum Gasteiger partial charge on any atom is 0.573 e. The average Bonchev–Trinajstić information content (AvgIpc) is 3.00. The molecule has 7 heteroatoms. The number of alkyl halides is 3. The second kappa shape index (κ2) is 6.12. The number of H-pyrrole nitrogens is 1. The van der Waals surface area contributed by atoms with E-state index in [1.807, 2.05) is 24.5 Å². The summed E-state index contributed by atoms with van der Waals surface area (Å²) >= 11 is 0. The van der Waals surface area contributed by atoms with E-state index in [0.29, 0.717) is 17.7 Å². The Morgan fingerprint density at radius 1 is 1.04 bits per heavy atom. The van der Waals surface area contributed by atoms with Crippen LogP contribution in [0.15, 0.2) is 55.1 Å². The Labute approximate surface area is 130 Å². The highest BCUT2D eigenvalue weighted by molar-refractivity contribution is 5.60. The summed E-state index contributed by atoms with van der Waals surface area (Å²) in [5, 5.41) is 0. The number of rotatable bonds is 4. The molecule has 0 unspecified atom stereocenters. The molecule has 4 nitrogen and oxygen atoms in total. The summed E-state index contributed by atoms with van der Waals surface area (Å²) in [4.78, 5) is 11.3. The second-order valence-electron chi connectivity index (χ2n) is 4.86. The number of ether oxygens (including phenoxy) is 1. The minimum Gasteiger partial charge on any atom is -0.406 e. The van der Waals surface area contributed by atoms with Crippen LogP contribution in [-0.4, -0.2) is 21.3 Å². The molecule has 0 saturated carbocycles. The predicted molar refractivity (Wildman–Crippen MR) is 77.7 cm³/mol. The number of hydrogen-bond acceptors (Lipinski definition) is 3. The zero-order valence-corrected chi connectivity index (χ0v) is 11.8. The third-order valence-electron chi connectivity index (χ3n) is 3.15. The Balaban J connectivity index is 1.79. The van der Waals surface area contributed by atoms with Crippen molar-refractivity contribution in [2.45, 2.75) is 12.8 Å². The second-order valence-corrected chi connectivity index (χ2v) is 4.86. The molecule has 0 bridgehead atoms. The molecule has 0 amide bonds. The molecule has 0 aliphatic carbocycles. The first-order valence-electron chi connectivity index (χ1n) is 6.78. The molecule has 3 aromatic rings. The fourth-order valence-corrected chi connectivity index (χ4v) is 2.16. The monoisotopic (exact) mass is 319 g/mol. The average molecular weight is 319 g/mol. The van der Waals surface area contributed by atoms with Gasteiger partial charge in [0, 0.05) is 30.1 Å². The molecule has 1 aromatic carbocycles. The largest absolute Gasteiger partial charge is 0.573 e. The van der Waals surface area contributed by atoms with Crippen molar-refractivity contribution in [3.05, 3.63) is 66.4 Å². The van der Waals surface area contributed by atoms with Crippen molar-refractivity contribution in [3.63, 3.8) is 0 Å². The van der Waals surface area contributed by atoms with Crippen LogP contribution in [0.25, 0.3) is 11.3 Å². The van der Waals surface area contributed by atoms with Gasteiger partial charge < -0.3 is 9.72 Å². The van der Waals surface area contributed by atoms with Gasteiger partial charge in [-0.25, -0.2) is 9.97 Å². The van der Waals surface area contributed by atoms with Gasteiger partial charge in [-0.15, -0.1) is 13.2 Å². The molecule has 0 aliphatic rings. The summed E-state index contributed by atoms with van der Waals surface area (Å²) in [7, 11) is 0. The Morgan fingerprint density at radius 3 is 2.48 bits per heavy atom. The van der Waals surface area contributed by atoms with Crippen LogP contribution in [0.1, 0.15) is 11.3 Å². The molecule has 23 heavy (non-hydrogen) atoms. The molecule has 0 fully saturated rings. The quantitative estimate of drug-likeness (QED) is 0.792. The Morgan fingerprint density at radius 2 is 1.83 bits per heavy atom. The highest BCUT2D eigenvalue weighted by Crippen LogP contribution is 2.26. The molecule has 2 aromatic heterocycles. The van der Waals surface area contributed by atoms with Gasteiger partial charge in [0.2, 0.25) is 0 Å². The van der Waals surface area contributed by atoms with Crippen LogP contribution in [0, 0.1) is 0 Å². The van der Waals surface area contributed by atoms with Crippen molar-refractivity contribution in [3.8, 4) is 17.0 Å². The van der Waals surface area contributed by atoms with Crippen LogP contribution in [-0.2, 0) is 6.42 Å². The lowest BCUT2D eigenvalue weighted by molar-refractivity contribution is -0.274. The normalized spacial score (nSPS) is 11.4. The Bertz CT molecular complexity index is 768. The molecule has 0 saturated heterocycles. The first kappa shape index (κ1) is 15.1. The molecule has 3 rings (SSSR count). The lowest BCUT2D eigenvalue weighted by Crippen LogP contribution is -2.16. The van der Waals surface area contributed by atoms with Crippen molar-refractivity contribution in [2.75, 3.05) is 0 Å². The fraction of sp³-hybridized carbons (Fsp3) is 0.125. The third-order valence-corrected chi connectivity index (χ3v) is 3.15. The molecule has 2 heterocycles. The first-order chi connectivity index (χ1) is 11.0. The molecule has 0 atom stereocenters. The zero-order valence-electron chi connectivity index (χ0n) is 11.8. The number of aromatic amines is 1. The van der Waals surface area contributed by atoms with E-state index in [2.05, 4.69) is 19.7 Å². The number of nitrogens with zero attached hydrogens (tertiary/aromatic N) is 2. The zero-order chi connectivity index (χ0) is 16.3. The third kappa shape index (κ3) is 4.09. The topological polar surface area (TPSA) is 50.8 Å². The molecule has 0 aliphatic heterocycles. The minimum absolute atomic E-state index is 0.261. The number of halogens is 3. The maximum atomic E-state index is 12.2. The van der Waals surface area contributed by atoms with Crippen LogP contribution < -0.4 is 4.74 Å². The van der Waals surface area contributed by atoms with Gasteiger partial charge in [-0.05, 0) is 42.0 Å². The van der Waals surface area contributed by atoms with E-state index < -0.39 is 6.36 Å². The van der Waals surface area contributed by atoms with Crippen molar-refractivity contribution in [1.29, 1.82) is 0 Å². The van der Waals surface area contributed by atoms with Crippen LogP contribution in [0.5, 0.6) is 5.75 Å². The van der Waals surface area contributed by atoms with Crippen LogP contribution in [0.2, 0.25) is 0 Å². The number of aromatic nitrogens is 3. The standard InChI is InChI=1S/C16H12F3N3O/c17-16(18,19)23-14-3-1-12(2-4-14)15-8-13(21-10-22-15)7-11-5-6-20-9-11/h1-6,8-10,20H,7H2. The minimum atomic E-state index is -4.69. The summed E-state index contributed by atoms with van der Waals surface area (Å²) in [5.74, 6) is -0.261. The fourth-order valence-electron chi connectivity index (χ4n) is 2.16. The highest BCUT2D eigenvalue weighted by atomic mass is 19.4. The SMILES string of the molecule is FC(F)(F)Oc1ccc(-c2cc(Cc3cc[nH]c3)ncn2)cc1. The van der Waals surface area contributed by atoms with Gasteiger partial charge in [0.25, 0.3) is 0 Å². The molecular weight excluding hydrogens is 307 g/mol.